The first kappa shape index (κ1) is 12.5. The summed E-state index contributed by atoms with van der Waals surface area (Å²) in [6, 6.07) is 1.54. The van der Waals surface area contributed by atoms with Crippen LogP contribution in [0, 0.1) is 0 Å². The molecule has 0 spiro atoms. The summed E-state index contributed by atoms with van der Waals surface area (Å²) >= 11 is 0. The Labute approximate surface area is 101 Å². The average molecular weight is 259 g/mol. The molecule has 0 unspecified atom stereocenters. The molecule has 7 heteroatoms. The van der Waals surface area contributed by atoms with E-state index < -0.39 is 10.0 Å². The molecule has 0 aliphatic heterocycles. The number of hydrogen-bond donors (Lipinski definition) is 2. The molecule has 1 aromatic heterocycles. The van der Waals surface area contributed by atoms with Gasteiger partial charge in [0.2, 0.25) is 0 Å². The molecule has 0 saturated heterocycles. The fourth-order valence-electron chi connectivity index (χ4n) is 1.91. The van der Waals surface area contributed by atoms with Crippen molar-refractivity contribution in [3.05, 3.63) is 12.3 Å². The lowest BCUT2D eigenvalue weighted by Crippen LogP contribution is -2.44. The number of rotatable bonds is 6. The Morgan fingerprint density at radius 3 is 2.76 bits per heavy atom. The van der Waals surface area contributed by atoms with Crippen molar-refractivity contribution in [2.45, 2.75) is 36.8 Å². The Bertz CT molecular complexity index is 439. The number of aliphatic hydroxyl groups is 1. The van der Waals surface area contributed by atoms with Gasteiger partial charge in [-0.1, -0.05) is 6.42 Å². The predicted octanol–water partition coefficient (Wildman–Crippen LogP) is 0.335. The SMILES string of the molecule is O=S(=O)(c1ccn[nH]1)N(CCCO)C1CCC1. The van der Waals surface area contributed by atoms with Crippen molar-refractivity contribution in [2.24, 2.45) is 0 Å². The highest BCUT2D eigenvalue weighted by atomic mass is 32.2. The molecule has 1 aliphatic rings. The highest BCUT2D eigenvalue weighted by Gasteiger charge is 2.35. The van der Waals surface area contributed by atoms with Crippen LogP contribution in [0.5, 0.6) is 0 Å². The van der Waals surface area contributed by atoms with E-state index in [1.807, 2.05) is 0 Å². The highest BCUT2D eigenvalue weighted by molar-refractivity contribution is 7.89. The zero-order valence-electron chi connectivity index (χ0n) is 9.54. The van der Waals surface area contributed by atoms with Gasteiger partial charge in [0.15, 0.2) is 5.03 Å². The van der Waals surface area contributed by atoms with Crippen molar-refractivity contribution in [1.82, 2.24) is 14.5 Å². The van der Waals surface area contributed by atoms with Crippen LogP contribution in [-0.2, 0) is 10.0 Å². The minimum absolute atomic E-state index is 0.00170. The maximum Gasteiger partial charge on any atom is 0.260 e. The maximum atomic E-state index is 12.3. The summed E-state index contributed by atoms with van der Waals surface area (Å²) in [6.45, 7) is 0.365. The number of hydrogen-bond acceptors (Lipinski definition) is 4. The molecular weight excluding hydrogens is 242 g/mol. The number of aromatic amines is 1. The summed E-state index contributed by atoms with van der Waals surface area (Å²) in [5.41, 5.74) is 0. The fourth-order valence-corrected chi connectivity index (χ4v) is 3.54. The van der Waals surface area contributed by atoms with Gasteiger partial charge in [-0.25, -0.2) is 8.42 Å². The number of H-pyrrole nitrogens is 1. The third kappa shape index (κ3) is 2.51. The van der Waals surface area contributed by atoms with Crippen LogP contribution in [-0.4, -0.2) is 47.2 Å². The second-order valence-corrected chi connectivity index (χ2v) is 6.06. The molecule has 0 atom stereocenters. The van der Waals surface area contributed by atoms with Gasteiger partial charge in [-0.2, -0.15) is 9.40 Å². The van der Waals surface area contributed by atoms with E-state index in [-0.39, 0.29) is 17.7 Å². The summed E-state index contributed by atoms with van der Waals surface area (Å²) < 4.78 is 26.1. The van der Waals surface area contributed by atoms with Gasteiger partial charge in [-0.15, -0.1) is 0 Å². The van der Waals surface area contributed by atoms with Gasteiger partial charge in [0.25, 0.3) is 10.0 Å². The summed E-state index contributed by atoms with van der Waals surface area (Å²) in [6.07, 6.45) is 4.76. The zero-order chi connectivity index (χ0) is 12.3. The molecule has 2 rings (SSSR count). The van der Waals surface area contributed by atoms with Crippen LogP contribution >= 0.6 is 0 Å². The summed E-state index contributed by atoms with van der Waals surface area (Å²) in [5, 5.41) is 15.1. The average Bonchev–Trinajstić information content (AvgIpc) is 2.74. The van der Waals surface area contributed by atoms with E-state index in [9.17, 15) is 8.42 Å². The monoisotopic (exact) mass is 259 g/mol. The van der Waals surface area contributed by atoms with E-state index >= 15 is 0 Å². The van der Waals surface area contributed by atoms with Gasteiger partial charge < -0.3 is 5.11 Å². The Kier molecular flexibility index (Phi) is 3.80. The molecule has 1 heterocycles. The largest absolute Gasteiger partial charge is 0.396 e. The first-order valence-electron chi connectivity index (χ1n) is 5.78. The molecule has 1 saturated carbocycles. The molecule has 1 fully saturated rings. The normalized spacial score (nSPS) is 17.3. The Morgan fingerprint density at radius 1 is 1.53 bits per heavy atom. The lowest BCUT2D eigenvalue weighted by molar-refractivity contribution is 0.198. The Hall–Kier alpha value is -0.920. The molecule has 96 valence electrons. The molecule has 0 aromatic carbocycles. The summed E-state index contributed by atoms with van der Waals surface area (Å²) in [4.78, 5) is 0. The van der Waals surface area contributed by atoms with Gasteiger partial charge in [-0.05, 0) is 25.3 Å². The van der Waals surface area contributed by atoms with E-state index in [0.717, 1.165) is 19.3 Å². The van der Waals surface area contributed by atoms with Gasteiger partial charge in [0.05, 0.1) is 6.20 Å². The van der Waals surface area contributed by atoms with Crippen molar-refractivity contribution >= 4 is 10.0 Å². The van der Waals surface area contributed by atoms with Crippen molar-refractivity contribution < 1.29 is 13.5 Å². The third-order valence-electron chi connectivity index (χ3n) is 3.08. The van der Waals surface area contributed by atoms with Crippen molar-refractivity contribution in [2.75, 3.05) is 13.2 Å². The number of nitrogens with zero attached hydrogens (tertiary/aromatic N) is 2. The Morgan fingerprint density at radius 2 is 2.29 bits per heavy atom. The van der Waals surface area contributed by atoms with Crippen LogP contribution < -0.4 is 0 Å². The van der Waals surface area contributed by atoms with E-state index in [0.29, 0.717) is 13.0 Å². The molecule has 0 bridgehead atoms. The van der Waals surface area contributed by atoms with Crippen molar-refractivity contribution in [3.63, 3.8) is 0 Å². The van der Waals surface area contributed by atoms with Crippen LogP contribution in [0.4, 0.5) is 0 Å². The number of aliphatic hydroxyl groups excluding tert-OH is 1. The number of sulfonamides is 1. The third-order valence-corrected chi connectivity index (χ3v) is 4.96. The van der Waals surface area contributed by atoms with Crippen LogP contribution in [0.15, 0.2) is 17.3 Å². The first-order valence-corrected chi connectivity index (χ1v) is 7.22. The maximum absolute atomic E-state index is 12.3. The number of aromatic nitrogens is 2. The van der Waals surface area contributed by atoms with Gasteiger partial charge in [0.1, 0.15) is 0 Å². The number of nitrogens with one attached hydrogen (secondary N) is 1. The molecule has 17 heavy (non-hydrogen) atoms. The van der Waals surface area contributed by atoms with Crippen molar-refractivity contribution in [3.8, 4) is 0 Å². The first-order chi connectivity index (χ1) is 8.16. The molecule has 1 aliphatic carbocycles. The van der Waals surface area contributed by atoms with Crippen LogP contribution in [0.25, 0.3) is 0 Å². The summed E-state index contributed by atoms with van der Waals surface area (Å²) in [5.74, 6) is 0. The molecule has 0 radical (unpaired) electrons. The van der Waals surface area contributed by atoms with Crippen LogP contribution in [0.2, 0.25) is 0 Å². The van der Waals surface area contributed by atoms with Crippen molar-refractivity contribution in [1.29, 1.82) is 0 Å². The van der Waals surface area contributed by atoms with E-state index in [2.05, 4.69) is 10.2 Å². The molecule has 1 aromatic rings. The standard InChI is InChI=1S/C10H17N3O3S/c14-8-2-7-13(9-3-1-4-9)17(15,16)10-5-6-11-12-10/h5-6,9,14H,1-4,7-8H2,(H,11,12). The summed E-state index contributed by atoms with van der Waals surface area (Å²) in [7, 11) is -3.49. The molecule has 6 nitrogen and oxygen atoms in total. The van der Waals surface area contributed by atoms with Gasteiger partial charge in [-0.3, -0.25) is 5.10 Å². The second-order valence-electron chi connectivity index (χ2n) is 4.20. The minimum atomic E-state index is -3.49. The lowest BCUT2D eigenvalue weighted by Gasteiger charge is -2.36. The van der Waals surface area contributed by atoms with Crippen LogP contribution in [0.3, 0.4) is 0 Å². The molecule has 0 amide bonds. The second kappa shape index (κ2) is 5.16. The van der Waals surface area contributed by atoms with Gasteiger partial charge in [0, 0.05) is 19.2 Å². The molecule has 2 N–H and O–H groups in total. The quantitative estimate of drug-likeness (QED) is 0.771. The minimum Gasteiger partial charge on any atom is -0.396 e. The van der Waals surface area contributed by atoms with Crippen LogP contribution in [0.1, 0.15) is 25.7 Å². The van der Waals surface area contributed by atoms with Gasteiger partial charge >= 0.3 is 0 Å². The zero-order valence-corrected chi connectivity index (χ0v) is 10.4. The topological polar surface area (TPSA) is 86.3 Å². The van der Waals surface area contributed by atoms with E-state index in [1.54, 1.807) is 0 Å². The molecular formula is C10H17N3O3S. The van der Waals surface area contributed by atoms with E-state index in [4.69, 9.17) is 5.11 Å². The predicted molar refractivity (Wildman–Crippen MR) is 61.8 cm³/mol. The lowest BCUT2D eigenvalue weighted by atomic mass is 9.93. The fraction of sp³-hybridized carbons (Fsp3) is 0.700. The highest BCUT2D eigenvalue weighted by Crippen LogP contribution is 2.29. The van der Waals surface area contributed by atoms with E-state index in [1.165, 1.54) is 16.6 Å². The smallest absolute Gasteiger partial charge is 0.260 e. The Balaban J connectivity index is 2.19.